The van der Waals surface area contributed by atoms with Crippen LogP contribution in [0.4, 0.5) is 0 Å². The number of benzene rings is 1. The molecule has 0 bridgehead atoms. The van der Waals surface area contributed by atoms with Gasteiger partial charge in [0.05, 0.1) is 17.7 Å². The van der Waals surface area contributed by atoms with E-state index >= 15 is 0 Å². The normalized spacial score (nSPS) is 37.4. The van der Waals surface area contributed by atoms with Crippen LogP contribution in [0.15, 0.2) is 12.1 Å². The summed E-state index contributed by atoms with van der Waals surface area (Å²) in [7, 11) is 0. The molecule has 2 N–H and O–H groups in total. The van der Waals surface area contributed by atoms with E-state index in [1.807, 2.05) is 17.0 Å². The lowest BCUT2D eigenvalue weighted by molar-refractivity contribution is -0.131. The molecule has 0 aromatic heterocycles. The van der Waals surface area contributed by atoms with Crippen LogP contribution in [0.5, 0.6) is 11.5 Å². The Labute approximate surface area is 133 Å². The van der Waals surface area contributed by atoms with E-state index in [1.165, 1.54) is 0 Å². The minimum absolute atomic E-state index is 0.129. The van der Waals surface area contributed by atoms with Crippen LogP contribution < -0.4 is 9.47 Å². The van der Waals surface area contributed by atoms with Gasteiger partial charge < -0.3 is 24.6 Å². The third kappa shape index (κ3) is 1.63. The van der Waals surface area contributed by atoms with Crippen molar-refractivity contribution in [1.29, 1.82) is 0 Å². The second-order valence-corrected chi connectivity index (χ2v) is 7.04. The fraction of sp³-hybridized carbons (Fsp3) is 0.588. The molecule has 0 radical (unpaired) electrons. The van der Waals surface area contributed by atoms with Gasteiger partial charge in [0, 0.05) is 18.9 Å². The first kappa shape index (κ1) is 13.6. The fourth-order valence-electron chi connectivity index (χ4n) is 5.09. The van der Waals surface area contributed by atoms with E-state index in [0.717, 1.165) is 23.3 Å². The third-order valence-corrected chi connectivity index (χ3v) is 6.06. The fourth-order valence-corrected chi connectivity index (χ4v) is 5.09. The summed E-state index contributed by atoms with van der Waals surface area (Å²) < 4.78 is 11.0. The lowest BCUT2D eigenvalue weighted by Crippen LogP contribution is -2.48. The van der Waals surface area contributed by atoms with Gasteiger partial charge in [0.2, 0.25) is 12.7 Å². The Balaban J connectivity index is 1.71. The van der Waals surface area contributed by atoms with Gasteiger partial charge in [0.25, 0.3) is 0 Å². The zero-order valence-corrected chi connectivity index (χ0v) is 12.7. The number of hydrogen-bond acceptors (Lipinski definition) is 5. The maximum absolute atomic E-state index is 12.4. The number of nitrogens with zero attached hydrogens (tertiary/aromatic N) is 1. The van der Waals surface area contributed by atoms with E-state index in [9.17, 15) is 15.0 Å². The molecule has 1 spiro atoms. The second kappa shape index (κ2) is 4.39. The van der Waals surface area contributed by atoms with Gasteiger partial charge in [0.15, 0.2) is 11.5 Å². The molecule has 5 rings (SSSR count). The number of carbonyl (C=O) groups is 1. The number of ether oxygens (including phenoxy) is 2. The Morgan fingerprint density at radius 2 is 1.96 bits per heavy atom. The molecule has 4 aliphatic rings. The molecule has 1 aliphatic carbocycles. The Bertz CT molecular complexity index is 704. The number of aliphatic hydroxyl groups excluding tert-OH is 2. The van der Waals surface area contributed by atoms with Gasteiger partial charge in [-0.2, -0.15) is 0 Å². The minimum atomic E-state index is -0.861. The highest BCUT2D eigenvalue weighted by Crippen LogP contribution is 2.55. The van der Waals surface area contributed by atoms with E-state index in [1.54, 1.807) is 0 Å². The van der Waals surface area contributed by atoms with E-state index in [0.29, 0.717) is 31.6 Å². The van der Waals surface area contributed by atoms with Crippen LogP contribution in [-0.4, -0.2) is 52.1 Å². The lowest BCUT2D eigenvalue weighted by atomic mass is 9.78. The molecular weight excluding hydrogens is 298 g/mol. The highest BCUT2D eigenvalue weighted by Gasteiger charge is 2.61. The summed E-state index contributed by atoms with van der Waals surface area (Å²) in [5, 5.41) is 21.0. The van der Waals surface area contributed by atoms with E-state index in [-0.39, 0.29) is 18.6 Å². The molecular formula is C17H19NO5. The molecule has 1 aromatic carbocycles. The number of hydrogen-bond donors (Lipinski definition) is 2. The number of carbonyl (C=O) groups excluding carboxylic acids is 1. The molecule has 6 heteroatoms. The van der Waals surface area contributed by atoms with Gasteiger partial charge in [-0.25, -0.2) is 0 Å². The smallest absolute Gasteiger partial charge is 0.231 e. The van der Waals surface area contributed by atoms with E-state index < -0.39 is 17.7 Å². The first-order chi connectivity index (χ1) is 11.1. The third-order valence-electron chi connectivity index (χ3n) is 6.06. The number of rotatable bonds is 0. The second-order valence-electron chi connectivity index (χ2n) is 7.04. The van der Waals surface area contributed by atoms with E-state index in [2.05, 4.69) is 0 Å². The molecule has 3 heterocycles. The minimum Gasteiger partial charge on any atom is -0.454 e. The average molecular weight is 317 g/mol. The standard InChI is InChI=1S/C17H19NO5/c19-11-7-17-3-1-14(20)18(17)4-2-9-5-12-13(23-8-22-12)6-10(9)15(17)16(11)21/h5-6,11,15-16,19,21H,1-4,7-8H2/t11-,15-,16-,17+/m1/s1. The Morgan fingerprint density at radius 1 is 1.17 bits per heavy atom. The molecule has 1 saturated heterocycles. The van der Waals surface area contributed by atoms with Crippen molar-refractivity contribution in [3.63, 3.8) is 0 Å². The van der Waals surface area contributed by atoms with Gasteiger partial charge >= 0.3 is 0 Å². The van der Waals surface area contributed by atoms with Crippen molar-refractivity contribution in [2.45, 2.75) is 49.3 Å². The van der Waals surface area contributed by atoms with Gasteiger partial charge in [0.1, 0.15) is 0 Å². The molecule has 1 aromatic rings. The maximum atomic E-state index is 12.4. The van der Waals surface area contributed by atoms with Crippen LogP contribution in [0, 0.1) is 0 Å². The summed E-state index contributed by atoms with van der Waals surface area (Å²) in [5.74, 6) is 1.27. The number of fused-ring (bicyclic) bond motifs is 3. The SMILES string of the molecule is O=C1CC[C@]23C[C@@H](O)[C@@H](O)[C@H]2c2cc4c(cc2CCN13)OCO4. The zero-order valence-electron chi connectivity index (χ0n) is 12.7. The zero-order chi connectivity index (χ0) is 15.8. The van der Waals surface area contributed by atoms with E-state index in [4.69, 9.17) is 9.47 Å². The summed E-state index contributed by atoms with van der Waals surface area (Å²) >= 11 is 0. The van der Waals surface area contributed by atoms with Crippen LogP contribution in [0.2, 0.25) is 0 Å². The number of amides is 1. The quantitative estimate of drug-likeness (QED) is 0.730. The highest BCUT2D eigenvalue weighted by molar-refractivity contribution is 5.80. The summed E-state index contributed by atoms with van der Waals surface area (Å²) in [6.45, 7) is 0.839. The molecule has 122 valence electrons. The van der Waals surface area contributed by atoms with Crippen molar-refractivity contribution >= 4 is 5.91 Å². The van der Waals surface area contributed by atoms with Crippen LogP contribution in [0.1, 0.15) is 36.3 Å². The van der Waals surface area contributed by atoms with Crippen molar-refractivity contribution in [2.75, 3.05) is 13.3 Å². The Kier molecular flexibility index (Phi) is 2.60. The Morgan fingerprint density at radius 3 is 2.78 bits per heavy atom. The molecule has 2 fully saturated rings. The molecule has 4 atom stereocenters. The first-order valence-corrected chi connectivity index (χ1v) is 8.19. The van der Waals surface area contributed by atoms with Crippen molar-refractivity contribution < 1.29 is 24.5 Å². The Hall–Kier alpha value is -1.79. The first-order valence-electron chi connectivity index (χ1n) is 8.19. The largest absolute Gasteiger partial charge is 0.454 e. The molecule has 1 saturated carbocycles. The molecule has 23 heavy (non-hydrogen) atoms. The number of aliphatic hydroxyl groups is 2. The predicted octanol–water partition coefficient (Wildman–Crippen LogP) is 0.542. The van der Waals surface area contributed by atoms with Crippen molar-refractivity contribution in [1.82, 2.24) is 4.90 Å². The van der Waals surface area contributed by atoms with Crippen LogP contribution in [0.25, 0.3) is 0 Å². The van der Waals surface area contributed by atoms with Gasteiger partial charge in [-0.1, -0.05) is 0 Å². The van der Waals surface area contributed by atoms with Gasteiger partial charge in [-0.3, -0.25) is 4.79 Å². The summed E-state index contributed by atoms with van der Waals surface area (Å²) in [6.07, 6.45) is 0.705. The van der Waals surface area contributed by atoms with Crippen LogP contribution >= 0.6 is 0 Å². The van der Waals surface area contributed by atoms with Crippen molar-refractivity contribution in [2.24, 2.45) is 0 Å². The van der Waals surface area contributed by atoms with Crippen LogP contribution in [0.3, 0.4) is 0 Å². The maximum Gasteiger partial charge on any atom is 0.231 e. The summed E-state index contributed by atoms with van der Waals surface area (Å²) in [4.78, 5) is 14.3. The highest BCUT2D eigenvalue weighted by atomic mass is 16.7. The average Bonchev–Trinajstić information content (AvgIpc) is 3.14. The topological polar surface area (TPSA) is 79.2 Å². The molecule has 1 amide bonds. The van der Waals surface area contributed by atoms with Crippen LogP contribution in [-0.2, 0) is 11.2 Å². The van der Waals surface area contributed by atoms with Crippen molar-refractivity contribution in [3.05, 3.63) is 23.3 Å². The monoisotopic (exact) mass is 317 g/mol. The summed E-state index contributed by atoms with van der Waals surface area (Å²) in [6, 6.07) is 3.91. The van der Waals surface area contributed by atoms with Gasteiger partial charge in [-0.15, -0.1) is 0 Å². The summed E-state index contributed by atoms with van der Waals surface area (Å²) in [5.41, 5.74) is 1.61. The van der Waals surface area contributed by atoms with Gasteiger partial charge in [-0.05, 0) is 42.5 Å². The van der Waals surface area contributed by atoms with Crippen molar-refractivity contribution in [3.8, 4) is 11.5 Å². The lowest BCUT2D eigenvalue weighted by Gasteiger charge is -2.39. The molecule has 0 unspecified atom stereocenters. The predicted molar refractivity (Wildman–Crippen MR) is 79.3 cm³/mol. The molecule has 6 nitrogen and oxygen atoms in total. The molecule has 3 aliphatic heterocycles.